The standard InChI is InChI=1S/C12H22N4S/c1-5-6-13-12-14-10(2)9-11(15-12)16(3)7-8-17-4/h9H,5-8H2,1-4H3,(H,13,14,15). The molecule has 1 heterocycles. The summed E-state index contributed by atoms with van der Waals surface area (Å²) in [5, 5.41) is 3.23. The molecule has 96 valence electrons. The van der Waals surface area contributed by atoms with Gasteiger partial charge in [-0.2, -0.15) is 16.7 Å². The molecule has 1 rings (SSSR count). The molecule has 1 aromatic heterocycles. The van der Waals surface area contributed by atoms with Crippen LogP contribution >= 0.6 is 11.8 Å². The molecule has 0 saturated heterocycles. The molecule has 0 radical (unpaired) electrons. The third kappa shape index (κ3) is 4.81. The number of hydrogen-bond acceptors (Lipinski definition) is 5. The van der Waals surface area contributed by atoms with Crippen LogP contribution in [-0.2, 0) is 0 Å². The normalized spacial score (nSPS) is 10.4. The molecule has 0 amide bonds. The van der Waals surface area contributed by atoms with Crippen LogP contribution in [0.3, 0.4) is 0 Å². The summed E-state index contributed by atoms with van der Waals surface area (Å²) >= 11 is 1.85. The van der Waals surface area contributed by atoms with Crippen molar-refractivity contribution in [1.29, 1.82) is 0 Å². The lowest BCUT2D eigenvalue weighted by Crippen LogP contribution is -2.22. The Morgan fingerprint density at radius 3 is 2.82 bits per heavy atom. The average molecular weight is 254 g/mol. The van der Waals surface area contributed by atoms with Gasteiger partial charge in [0.1, 0.15) is 5.82 Å². The number of aromatic nitrogens is 2. The highest BCUT2D eigenvalue weighted by atomic mass is 32.2. The topological polar surface area (TPSA) is 41.1 Å². The van der Waals surface area contributed by atoms with E-state index in [0.29, 0.717) is 0 Å². The second-order valence-electron chi connectivity index (χ2n) is 4.03. The van der Waals surface area contributed by atoms with E-state index in [1.165, 1.54) is 0 Å². The molecule has 0 fully saturated rings. The first-order valence-electron chi connectivity index (χ1n) is 5.97. The fourth-order valence-corrected chi connectivity index (χ4v) is 1.86. The molecule has 0 aliphatic heterocycles. The van der Waals surface area contributed by atoms with E-state index < -0.39 is 0 Å². The molecule has 0 aromatic carbocycles. The first kappa shape index (κ1) is 14.1. The lowest BCUT2D eigenvalue weighted by Gasteiger charge is -2.18. The van der Waals surface area contributed by atoms with E-state index in [-0.39, 0.29) is 0 Å². The van der Waals surface area contributed by atoms with E-state index in [0.717, 1.165) is 42.7 Å². The van der Waals surface area contributed by atoms with Crippen LogP contribution in [0.5, 0.6) is 0 Å². The van der Waals surface area contributed by atoms with Crippen molar-refractivity contribution < 1.29 is 0 Å². The minimum atomic E-state index is 0.734. The molecule has 0 atom stereocenters. The van der Waals surface area contributed by atoms with Crippen LogP contribution in [-0.4, -0.2) is 42.1 Å². The highest BCUT2D eigenvalue weighted by molar-refractivity contribution is 7.98. The summed E-state index contributed by atoms with van der Waals surface area (Å²) in [6, 6.07) is 2.03. The van der Waals surface area contributed by atoms with Crippen LogP contribution in [0.25, 0.3) is 0 Å². The molecule has 5 heteroatoms. The Balaban J connectivity index is 2.73. The molecule has 1 N–H and O–H groups in total. The summed E-state index contributed by atoms with van der Waals surface area (Å²) < 4.78 is 0. The van der Waals surface area contributed by atoms with E-state index >= 15 is 0 Å². The Hall–Kier alpha value is -0.970. The number of aryl methyl sites for hydroxylation is 1. The molecule has 0 aliphatic carbocycles. The SMILES string of the molecule is CCCNc1nc(C)cc(N(C)CCSC)n1. The molecule has 17 heavy (non-hydrogen) atoms. The minimum absolute atomic E-state index is 0.734. The number of thioether (sulfide) groups is 1. The Morgan fingerprint density at radius 2 is 2.18 bits per heavy atom. The molecule has 0 spiro atoms. The summed E-state index contributed by atoms with van der Waals surface area (Å²) in [6.45, 7) is 6.06. The molecule has 4 nitrogen and oxygen atoms in total. The van der Waals surface area contributed by atoms with Crippen LogP contribution < -0.4 is 10.2 Å². The first-order valence-corrected chi connectivity index (χ1v) is 7.36. The predicted molar refractivity (Wildman–Crippen MR) is 77.2 cm³/mol. The molecule has 0 bridgehead atoms. The van der Waals surface area contributed by atoms with E-state index in [9.17, 15) is 0 Å². The lowest BCUT2D eigenvalue weighted by atomic mass is 10.4. The maximum atomic E-state index is 4.52. The van der Waals surface area contributed by atoms with E-state index in [1.54, 1.807) is 0 Å². The van der Waals surface area contributed by atoms with Gasteiger partial charge in [-0.05, 0) is 19.6 Å². The van der Waals surface area contributed by atoms with Crippen molar-refractivity contribution in [2.24, 2.45) is 0 Å². The predicted octanol–water partition coefficient (Wildman–Crippen LogP) is 2.41. The first-order chi connectivity index (χ1) is 8.17. The highest BCUT2D eigenvalue weighted by Crippen LogP contribution is 2.13. The molecular formula is C12H22N4S. The molecular weight excluding hydrogens is 232 g/mol. The van der Waals surface area contributed by atoms with Gasteiger partial charge in [0.15, 0.2) is 0 Å². The number of hydrogen-bond donors (Lipinski definition) is 1. The van der Waals surface area contributed by atoms with Crippen molar-refractivity contribution >= 4 is 23.5 Å². The van der Waals surface area contributed by atoms with Gasteiger partial charge in [0.25, 0.3) is 0 Å². The maximum Gasteiger partial charge on any atom is 0.224 e. The Morgan fingerprint density at radius 1 is 1.41 bits per heavy atom. The fraction of sp³-hybridized carbons (Fsp3) is 0.667. The van der Waals surface area contributed by atoms with Gasteiger partial charge >= 0.3 is 0 Å². The highest BCUT2D eigenvalue weighted by Gasteiger charge is 2.05. The van der Waals surface area contributed by atoms with Crippen molar-refractivity contribution in [3.8, 4) is 0 Å². The third-order valence-electron chi connectivity index (χ3n) is 2.40. The number of nitrogens with one attached hydrogen (secondary N) is 1. The van der Waals surface area contributed by atoms with E-state index in [4.69, 9.17) is 0 Å². The van der Waals surface area contributed by atoms with E-state index in [2.05, 4.69) is 40.4 Å². The zero-order chi connectivity index (χ0) is 12.7. The summed E-state index contributed by atoms with van der Waals surface area (Å²) in [5.41, 5.74) is 1.00. The summed E-state index contributed by atoms with van der Waals surface area (Å²) in [4.78, 5) is 11.1. The zero-order valence-corrected chi connectivity index (χ0v) is 12.0. The van der Waals surface area contributed by atoms with Gasteiger partial charge in [-0.1, -0.05) is 6.92 Å². The third-order valence-corrected chi connectivity index (χ3v) is 2.99. The van der Waals surface area contributed by atoms with Gasteiger partial charge in [0.05, 0.1) is 0 Å². The largest absolute Gasteiger partial charge is 0.359 e. The van der Waals surface area contributed by atoms with Gasteiger partial charge in [0.2, 0.25) is 5.95 Å². The summed E-state index contributed by atoms with van der Waals surface area (Å²) in [6.07, 6.45) is 3.20. The molecule has 0 saturated carbocycles. The van der Waals surface area contributed by atoms with Crippen LogP contribution in [0.1, 0.15) is 19.0 Å². The number of rotatable bonds is 7. The minimum Gasteiger partial charge on any atom is -0.359 e. The van der Waals surface area contributed by atoms with Crippen LogP contribution in [0, 0.1) is 6.92 Å². The van der Waals surface area contributed by atoms with Gasteiger partial charge in [-0.3, -0.25) is 0 Å². The monoisotopic (exact) mass is 254 g/mol. The maximum absolute atomic E-state index is 4.52. The zero-order valence-electron chi connectivity index (χ0n) is 11.2. The fourth-order valence-electron chi connectivity index (χ4n) is 1.41. The van der Waals surface area contributed by atoms with Gasteiger partial charge in [-0.25, -0.2) is 4.98 Å². The van der Waals surface area contributed by atoms with Gasteiger partial charge in [0, 0.05) is 37.7 Å². The second kappa shape index (κ2) is 7.37. The second-order valence-corrected chi connectivity index (χ2v) is 5.02. The summed E-state index contributed by atoms with van der Waals surface area (Å²) in [5.74, 6) is 2.83. The molecule has 0 unspecified atom stereocenters. The molecule has 1 aromatic rings. The van der Waals surface area contributed by atoms with Crippen molar-refractivity contribution in [3.63, 3.8) is 0 Å². The molecule has 0 aliphatic rings. The summed E-state index contributed by atoms with van der Waals surface area (Å²) in [7, 11) is 2.07. The Kier molecular flexibility index (Phi) is 6.11. The Bertz CT molecular complexity index is 343. The van der Waals surface area contributed by atoms with Gasteiger partial charge < -0.3 is 10.2 Å². The van der Waals surface area contributed by atoms with Crippen molar-refractivity contribution in [2.45, 2.75) is 20.3 Å². The van der Waals surface area contributed by atoms with Crippen LogP contribution in [0.2, 0.25) is 0 Å². The number of anilines is 2. The smallest absolute Gasteiger partial charge is 0.224 e. The Labute approximate surface area is 108 Å². The van der Waals surface area contributed by atoms with Crippen LogP contribution in [0.4, 0.5) is 11.8 Å². The van der Waals surface area contributed by atoms with Gasteiger partial charge in [-0.15, -0.1) is 0 Å². The quantitative estimate of drug-likeness (QED) is 0.809. The number of nitrogens with zero attached hydrogens (tertiary/aromatic N) is 3. The van der Waals surface area contributed by atoms with Crippen molar-refractivity contribution in [1.82, 2.24) is 9.97 Å². The lowest BCUT2D eigenvalue weighted by molar-refractivity contribution is 0.909. The average Bonchev–Trinajstić information content (AvgIpc) is 2.32. The van der Waals surface area contributed by atoms with Crippen molar-refractivity contribution in [2.75, 3.05) is 42.4 Å². The van der Waals surface area contributed by atoms with E-state index in [1.807, 2.05) is 24.8 Å². The van der Waals surface area contributed by atoms with Crippen LogP contribution in [0.15, 0.2) is 6.07 Å². The van der Waals surface area contributed by atoms with Crippen molar-refractivity contribution in [3.05, 3.63) is 11.8 Å².